The summed E-state index contributed by atoms with van der Waals surface area (Å²) >= 11 is 0. The SMILES string of the molecule is CC(Nc1ccc(C(F)(F)F)cc1N)c1ccc(F)cc1. The summed E-state index contributed by atoms with van der Waals surface area (Å²) in [5.74, 6) is -0.347. The Kier molecular flexibility index (Phi) is 4.06. The third-order valence-electron chi connectivity index (χ3n) is 3.12. The summed E-state index contributed by atoms with van der Waals surface area (Å²) in [6.45, 7) is 1.81. The van der Waals surface area contributed by atoms with Crippen LogP contribution in [0.15, 0.2) is 42.5 Å². The third kappa shape index (κ3) is 3.65. The van der Waals surface area contributed by atoms with Crippen molar-refractivity contribution >= 4 is 11.4 Å². The maximum Gasteiger partial charge on any atom is 0.416 e. The van der Waals surface area contributed by atoms with Crippen molar-refractivity contribution in [3.63, 3.8) is 0 Å². The molecule has 0 saturated carbocycles. The number of hydrogen-bond donors (Lipinski definition) is 2. The van der Waals surface area contributed by atoms with E-state index >= 15 is 0 Å². The topological polar surface area (TPSA) is 38.0 Å². The summed E-state index contributed by atoms with van der Waals surface area (Å²) in [7, 11) is 0. The predicted molar refractivity (Wildman–Crippen MR) is 74.3 cm³/mol. The fraction of sp³-hybridized carbons (Fsp3) is 0.200. The zero-order chi connectivity index (χ0) is 15.6. The van der Waals surface area contributed by atoms with E-state index in [1.54, 1.807) is 12.1 Å². The van der Waals surface area contributed by atoms with E-state index in [9.17, 15) is 17.6 Å². The number of alkyl halides is 3. The molecule has 2 aromatic rings. The van der Waals surface area contributed by atoms with Gasteiger partial charge in [-0.3, -0.25) is 0 Å². The van der Waals surface area contributed by atoms with E-state index in [-0.39, 0.29) is 17.5 Å². The maximum absolute atomic E-state index is 12.9. The van der Waals surface area contributed by atoms with Crippen LogP contribution in [0, 0.1) is 5.82 Å². The van der Waals surface area contributed by atoms with Gasteiger partial charge in [0.1, 0.15) is 5.82 Å². The molecule has 0 aliphatic carbocycles. The molecule has 2 aromatic carbocycles. The molecule has 6 heteroatoms. The van der Waals surface area contributed by atoms with Gasteiger partial charge >= 0.3 is 6.18 Å². The molecule has 0 radical (unpaired) electrons. The summed E-state index contributed by atoms with van der Waals surface area (Å²) in [6, 6.07) is 8.78. The lowest BCUT2D eigenvalue weighted by molar-refractivity contribution is -0.137. The van der Waals surface area contributed by atoms with Crippen LogP contribution in [0.4, 0.5) is 28.9 Å². The molecular weight excluding hydrogens is 284 g/mol. The van der Waals surface area contributed by atoms with Crippen molar-refractivity contribution in [3.8, 4) is 0 Å². The quantitative estimate of drug-likeness (QED) is 0.642. The molecule has 0 fully saturated rings. The first-order valence-electron chi connectivity index (χ1n) is 6.26. The Bertz CT molecular complexity index is 621. The van der Waals surface area contributed by atoms with Crippen LogP contribution in [-0.2, 0) is 6.18 Å². The molecule has 0 aliphatic rings. The zero-order valence-corrected chi connectivity index (χ0v) is 11.2. The van der Waals surface area contributed by atoms with Crippen LogP contribution < -0.4 is 11.1 Å². The van der Waals surface area contributed by atoms with Crippen molar-refractivity contribution in [2.45, 2.75) is 19.1 Å². The number of rotatable bonds is 3. The molecule has 0 amide bonds. The highest BCUT2D eigenvalue weighted by Crippen LogP contribution is 2.33. The van der Waals surface area contributed by atoms with Crippen LogP contribution in [0.5, 0.6) is 0 Å². The van der Waals surface area contributed by atoms with E-state index < -0.39 is 11.7 Å². The van der Waals surface area contributed by atoms with Gasteiger partial charge in [0.2, 0.25) is 0 Å². The van der Waals surface area contributed by atoms with Crippen molar-refractivity contribution in [1.29, 1.82) is 0 Å². The summed E-state index contributed by atoms with van der Waals surface area (Å²) in [5.41, 5.74) is 6.07. The predicted octanol–water partition coefficient (Wildman–Crippen LogP) is 4.60. The van der Waals surface area contributed by atoms with Gasteiger partial charge < -0.3 is 11.1 Å². The molecular formula is C15H14F4N2. The van der Waals surface area contributed by atoms with Gasteiger partial charge in [0.15, 0.2) is 0 Å². The van der Waals surface area contributed by atoms with Gasteiger partial charge in [0.25, 0.3) is 0 Å². The molecule has 0 aliphatic heterocycles. The number of anilines is 2. The van der Waals surface area contributed by atoms with Gasteiger partial charge in [-0.1, -0.05) is 12.1 Å². The van der Waals surface area contributed by atoms with E-state index in [1.807, 2.05) is 6.92 Å². The second-order valence-corrected chi connectivity index (χ2v) is 4.72. The van der Waals surface area contributed by atoms with Gasteiger partial charge in [-0.15, -0.1) is 0 Å². The molecule has 21 heavy (non-hydrogen) atoms. The van der Waals surface area contributed by atoms with Crippen LogP contribution in [0.1, 0.15) is 24.1 Å². The highest BCUT2D eigenvalue weighted by molar-refractivity contribution is 5.67. The lowest BCUT2D eigenvalue weighted by atomic mass is 10.1. The molecule has 0 spiro atoms. The van der Waals surface area contributed by atoms with Crippen molar-refractivity contribution in [1.82, 2.24) is 0 Å². The Morgan fingerprint density at radius 1 is 1.05 bits per heavy atom. The molecule has 2 rings (SSSR count). The average Bonchev–Trinajstić information content (AvgIpc) is 2.40. The van der Waals surface area contributed by atoms with E-state index in [0.717, 1.165) is 17.7 Å². The first-order valence-corrected chi connectivity index (χ1v) is 6.26. The number of nitrogen functional groups attached to an aromatic ring is 1. The minimum Gasteiger partial charge on any atom is -0.397 e. The fourth-order valence-electron chi connectivity index (χ4n) is 1.94. The Labute approximate surface area is 119 Å². The molecule has 0 aromatic heterocycles. The molecule has 1 atom stereocenters. The highest BCUT2D eigenvalue weighted by atomic mass is 19.4. The molecule has 1 unspecified atom stereocenters. The van der Waals surface area contributed by atoms with E-state index in [1.165, 1.54) is 18.2 Å². The summed E-state index contributed by atoms with van der Waals surface area (Å²) in [4.78, 5) is 0. The lowest BCUT2D eigenvalue weighted by Gasteiger charge is -2.18. The van der Waals surface area contributed by atoms with E-state index in [0.29, 0.717) is 5.69 Å². The standard InChI is InChI=1S/C15H14F4N2/c1-9(10-2-5-12(16)6-3-10)21-14-7-4-11(8-13(14)20)15(17,18)19/h2-9,21H,20H2,1H3. The number of nitrogens with one attached hydrogen (secondary N) is 1. The maximum atomic E-state index is 12.9. The lowest BCUT2D eigenvalue weighted by Crippen LogP contribution is -2.10. The van der Waals surface area contributed by atoms with E-state index in [2.05, 4.69) is 5.32 Å². The second kappa shape index (κ2) is 5.63. The largest absolute Gasteiger partial charge is 0.416 e. The van der Waals surface area contributed by atoms with Gasteiger partial charge in [0.05, 0.1) is 16.9 Å². The van der Waals surface area contributed by atoms with Gasteiger partial charge in [-0.05, 0) is 42.8 Å². The van der Waals surface area contributed by atoms with Crippen LogP contribution >= 0.6 is 0 Å². The fourth-order valence-corrected chi connectivity index (χ4v) is 1.94. The number of nitrogens with two attached hydrogens (primary N) is 1. The van der Waals surface area contributed by atoms with Crippen LogP contribution in [0.3, 0.4) is 0 Å². The van der Waals surface area contributed by atoms with Crippen LogP contribution in [0.25, 0.3) is 0 Å². The molecule has 112 valence electrons. The van der Waals surface area contributed by atoms with Crippen molar-refractivity contribution in [3.05, 3.63) is 59.4 Å². The van der Waals surface area contributed by atoms with Crippen LogP contribution in [0.2, 0.25) is 0 Å². The monoisotopic (exact) mass is 298 g/mol. The van der Waals surface area contributed by atoms with Crippen molar-refractivity contribution in [2.75, 3.05) is 11.1 Å². The van der Waals surface area contributed by atoms with Gasteiger partial charge in [-0.2, -0.15) is 13.2 Å². The first kappa shape index (κ1) is 15.2. The molecule has 0 heterocycles. The second-order valence-electron chi connectivity index (χ2n) is 4.72. The Morgan fingerprint density at radius 3 is 2.19 bits per heavy atom. The molecule has 2 nitrogen and oxygen atoms in total. The van der Waals surface area contributed by atoms with Crippen LogP contribution in [-0.4, -0.2) is 0 Å². The van der Waals surface area contributed by atoms with Gasteiger partial charge in [-0.25, -0.2) is 4.39 Å². The summed E-state index contributed by atoms with van der Waals surface area (Å²) in [6.07, 6.45) is -4.42. The Balaban J connectivity index is 2.18. The number of benzene rings is 2. The first-order chi connectivity index (χ1) is 9.77. The minimum atomic E-state index is -4.42. The average molecular weight is 298 g/mol. The molecule has 3 N–H and O–H groups in total. The molecule has 0 saturated heterocycles. The normalized spacial score (nSPS) is 13.0. The summed E-state index contributed by atoms with van der Waals surface area (Å²) in [5, 5.41) is 3.01. The van der Waals surface area contributed by atoms with E-state index in [4.69, 9.17) is 5.73 Å². The Morgan fingerprint density at radius 2 is 1.67 bits per heavy atom. The Hall–Kier alpha value is -2.24. The highest BCUT2D eigenvalue weighted by Gasteiger charge is 2.30. The van der Waals surface area contributed by atoms with Gasteiger partial charge in [0, 0.05) is 6.04 Å². The zero-order valence-electron chi connectivity index (χ0n) is 11.2. The van der Waals surface area contributed by atoms with Crippen molar-refractivity contribution in [2.24, 2.45) is 0 Å². The minimum absolute atomic E-state index is 0.0128. The van der Waals surface area contributed by atoms with Crippen molar-refractivity contribution < 1.29 is 17.6 Å². The smallest absolute Gasteiger partial charge is 0.397 e. The molecule has 0 bridgehead atoms. The summed E-state index contributed by atoms with van der Waals surface area (Å²) < 4.78 is 50.5. The number of hydrogen-bond acceptors (Lipinski definition) is 2. The number of halogens is 4. The third-order valence-corrected chi connectivity index (χ3v) is 3.12.